The van der Waals surface area contributed by atoms with Gasteiger partial charge < -0.3 is 19.3 Å². The summed E-state index contributed by atoms with van der Waals surface area (Å²) in [5.74, 6) is 1.26. The number of aliphatic hydroxyl groups is 1. The lowest BCUT2D eigenvalue weighted by Crippen LogP contribution is -2.55. The number of carbonyl (C=O) groups excluding carboxylic acids is 1. The van der Waals surface area contributed by atoms with Gasteiger partial charge in [0.25, 0.3) is 5.91 Å². The molecule has 4 rings (SSSR count). The van der Waals surface area contributed by atoms with Crippen LogP contribution in [0.4, 0.5) is 5.69 Å². The first-order valence-electron chi connectivity index (χ1n) is 12.9. The molecule has 2 atom stereocenters. The van der Waals surface area contributed by atoms with E-state index < -0.39 is 17.6 Å². The van der Waals surface area contributed by atoms with Crippen molar-refractivity contribution in [1.82, 2.24) is 10.9 Å². The van der Waals surface area contributed by atoms with E-state index in [9.17, 15) is 4.79 Å². The molecule has 0 radical (unpaired) electrons. The Morgan fingerprint density at radius 3 is 2.58 bits per heavy atom. The normalized spacial score (nSPS) is 17.8. The second kappa shape index (κ2) is 13.5. The number of azide groups is 1. The number of ether oxygens (including phenoxy) is 3. The fraction of sp³-hybridized carbons (Fsp3) is 0.310. The van der Waals surface area contributed by atoms with Gasteiger partial charge in [0.1, 0.15) is 17.6 Å². The van der Waals surface area contributed by atoms with Gasteiger partial charge in [0.15, 0.2) is 5.54 Å². The molecule has 0 saturated heterocycles. The molecule has 0 unspecified atom stereocenters. The number of nitrogens with zero attached hydrogens (tertiary/aromatic N) is 4. The van der Waals surface area contributed by atoms with E-state index in [2.05, 4.69) is 20.9 Å². The molecular formula is C29H32N6O5. The van der Waals surface area contributed by atoms with Crippen LogP contribution in [0.3, 0.4) is 0 Å². The molecule has 1 aliphatic heterocycles. The number of carbonyl (C=O) groups is 1. The van der Waals surface area contributed by atoms with Crippen molar-refractivity contribution in [1.29, 1.82) is 0 Å². The minimum atomic E-state index is -1.36. The standard InChI is InChI=1S/C29H32N6O5/c1-20-29(18-22-8-3-5-10-25(22)33-35-30,28(37)34-31-19-23-9-4-6-11-26(23)38-2)32-27(40-20)21-12-14-24(15-13-21)39-17-7-16-36/h3-6,8-15,20,31,36H,7,16-19H2,1-2H3,(H,34,37)/t20-,29-/m0/s1. The second-order valence-corrected chi connectivity index (χ2v) is 9.17. The molecule has 0 saturated carbocycles. The van der Waals surface area contributed by atoms with Gasteiger partial charge in [-0.25, -0.2) is 10.4 Å². The fourth-order valence-electron chi connectivity index (χ4n) is 4.42. The Balaban J connectivity index is 1.62. The Morgan fingerprint density at radius 1 is 1.12 bits per heavy atom. The maximum atomic E-state index is 13.8. The van der Waals surface area contributed by atoms with Crippen molar-refractivity contribution in [2.75, 3.05) is 20.3 Å². The first-order chi connectivity index (χ1) is 19.5. The van der Waals surface area contributed by atoms with Gasteiger partial charge in [-0.15, -0.1) is 0 Å². The minimum Gasteiger partial charge on any atom is -0.496 e. The topological polar surface area (TPSA) is 150 Å². The summed E-state index contributed by atoms with van der Waals surface area (Å²) in [6.07, 6.45) is 0.0298. The molecule has 208 valence electrons. The van der Waals surface area contributed by atoms with Crippen LogP contribution in [0.1, 0.15) is 30.0 Å². The molecule has 1 amide bonds. The van der Waals surface area contributed by atoms with E-state index in [-0.39, 0.29) is 13.0 Å². The summed E-state index contributed by atoms with van der Waals surface area (Å²) in [4.78, 5) is 21.6. The summed E-state index contributed by atoms with van der Waals surface area (Å²) in [7, 11) is 1.59. The zero-order valence-corrected chi connectivity index (χ0v) is 22.4. The number of hydrogen-bond donors (Lipinski definition) is 3. The van der Waals surface area contributed by atoms with Crippen LogP contribution in [-0.4, -0.2) is 48.9 Å². The highest BCUT2D eigenvalue weighted by molar-refractivity contribution is 6.00. The largest absolute Gasteiger partial charge is 0.496 e. The van der Waals surface area contributed by atoms with Crippen LogP contribution in [-0.2, 0) is 22.5 Å². The Labute approximate surface area is 232 Å². The number of rotatable bonds is 13. The van der Waals surface area contributed by atoms with Gasteiger partial charge in [0.05, 0.1) is 13.7 Å². The second-order valence-electron chi connectivity index (χ2n) is 9.17. The summed E-state index contributed by atoms with van der Waals surface area (Å²) < 4.78 is 17.2. The summed E-state index contributed by atoms with van der Waals surface area (Å²) in [5.41, 5.74) is 16.1. The molecule has 0 spiro atoms. The molecule has 40 heavy (non-hydrogen) atoms. The van der Waals surface area contributed by atoms with E-state index >= 15 is 0 Å². The zero-order chi connectivity index (χ0) is 28.4. The lowest BCUT2D eigenvalue weighted by Gasteiger charge is -2.28. The van der Waals surface area contributed by atoms with Gasteiger partial charge in [-0.1, -0.05) is 47.6 Å². The first kappa shape index (κ1) is 28.4. The van der Waals surface area contributed by atoms with Gasteiger partial charge >= 0.3 is 0 Å². The van der Waals surface area contributed by atoms with Crippen molar-refractivity contribution >= 4 is 17.5 Å². The zero-order valence-electron chi connectivity index (χ0n) is 22.4. The van der Waals surface area contributed by atoms with Crippen LogP contribution >= 0.6 is 0 Å². The average molecular weight is 545 g/mol. The number of amides is 1. The molecule has 0 bridgehead atoms. The fourth-order valence-corrected chi connectivity index (χ4v) is 4.42. The number of aliphatic imine (C=N–C) groups is 1. The van der Waals surface area contributed by atoms with E-state index in [1.807, 2.05) is 42.5 Å². The Kier molecular flexibility index (Phi) is 9.58. The van der Waals surface area contributed by atoms with Gasteiger partial charge in [-0.05, 0) is 48.4 Å². The number of para-hydroxylation sites is 1. The number of hydrogen-bond acceptors (Lipinski definition) is 8. The van der Waals surface area contributed by atoms with Crippen molar-refractivity contribution < 1.29 is 24.1 Å². The van der Waals surface area contributed by atoms with Crippen LogP contribution in [0.2, 0.25) is 0 Å². The Hall–Kier alpha value is -4.57. The lowest BCUT2D eigenvalue weighted by atomic mass is 9.85. The maximum absolute atomic E-state index is 13.8. The third-order valence-corrected chi connectivity index (χ3v) is 6.60. The highest BCUT2D eigenvalue weighted by atomic mass is 16.5. The van der Waals surface area contributed by atoms with Crippen LogP contribution < -0.4 is 20.3 Å². The number of hydrazine groups is 1. The summed E-state index contributed by atoms with van der Waals surface area (Å²) in [6.45, 7) is 2.57. The number of nitrogens with one attached hydrogen (secondary N) is 2. The lowest BCUT2D eigenvalue weighted by molar-refractivity contribution is -0.129. The predicted octanol–water partition coefficient (Wildman–Crippen LogP) is 4.37. The average Bonchev–Trinajstić information content (AvgIpc) is 3.31. The van der Waals surface area contributed by atoms with Crippen LogP contribution in [0, 0.1) is 0 Å². The highest BCUT2D eigenvalue weighted by Gasteiger charge is 2.50. The molecule has 0 fully saturated rings. The van der Waals surface area contributed by atoms with Crippen molar-refractivity contribution in [3.05, 3.63) is 99.9 Å². The third-order valence-electron chi connectivity index (χ3n) is 6.60. The van der Waals surface area contributed by atoms with E-state index in [4.69, 9.17) is 29.8 Å². The molecule has 1 heterocycles. The van der Waals surface area contributed by atoms with E-state index in [1.54, 1.807) is 44.4 Å². The van der Waals surface area contributed by atoms with Crippen LogP contribution in [0.15, 0.2) is 82.9 Å². The summed E-state index contributed by atoms with van der Waals surface area (Å²) in [5, 5.41) is 12.8. The smallest absolute Gasteiger partial charge is 0.266 e. The van der Waals surface area contributed by atoms with Gasteiger partial charge in [0.2, 0.25) is 5.90 Å². The van der Waals surface area contributed by atoms with Gasteiger partial charge in [0, 0.05) is 47.7 Å². The van der Waals surface area contributed by atoms with Crippen molar-refractivity contribution in [2.45, 2.75) is 38.0 Å². The van der Waals surface area contributed by atoms with E-state index in [1.165, 1.54) is 0 Å². The van der Waals surface area contributed by atoms with Crippen molar-refractivity contribution in [3.8, 4) is 11.5 Å². The van der Waals surface area contributed by atoms with Crippen LogP contribution in [0.25, 0.3) is 10.4 Å². The quantitative estimate of drug-likeness (QED) is 0.0956. The van der Waals surface area contributed by atoms with Crippen molar-refractivity contribution in [3.63, 3.8) is 0 Å². The minimum absolute atomic E-state index is 0.0569. The van der Waals surface area contributed by atoms with E-state index in [0.717, 1.165) is 5.56 Å². The SMILES string of the molecule is COc1ccccc1CNNC(=O)[C@@]1(Cc2ccccc2N=[N+]=[N-])N=C(c2ccc(OCCCO)cc2)O[C@H]1C. The number of methoxy groups -OCH3 is 1. The van der Waals surface area contributed by atoms with Gasteiger partial charge in [-0.3, -0.25) is 10.2 Å². The molecule has 11 heteroatoms. The molecule has 3 N–H and O–H groups in total. The summed E-state index contributed by atoms with van der Waals surface area (Å²) in [6, 6.07) is 21.8. The number of aliphatic hydroxyl groups excluding tert-OH is 1. The third kappa shape index (κ3) is 6.52. The molecular weight excluding hydrogens is 512 g/mol. The van der Waals surface area contributed by atoms with E-state index in [0.29, 0.717) is 53.8 Å². The predicted molar refractivity (Wildman–Crippen MR) is 150 cm³/mol. The maximum Gasteiger partial charge on any atom is 0.266 e. The molecule has 1 aliphatic rings. The molecule has 11 nitrogen and oxygen atoms in total. The van der Waals surface area contributed by atoms with Crippen molar-refractivity contribution in [2.24, 2.45) is 10.1 Å². The molecule has 3 aromatic carbocycles. The van der Waals surface area contributed by atoms with Gasteiger partial charge in [-0.2, -0.15) is 0 Å². The molecule has 0 aromatic heterocycles. The number of benzene rings is 3. The van der Waals surface area contributed by atoms with Crippen LogP contribution in [0.5, 0.6) is 11.5 Å². The molecule has 0 aliphatic carbocycles. The Bertz CT molecular complexity index is 1390. The first-order valence-corrected chi connectivity index (χ1v) is 12.9. The highest BCUT2D eigenvalue weighted by Crippen LogP contribution is 2.35. The molecule has 3 aromatic rings. The summed E-state index contributed by atoms with van der Waals surface area (Å²) >= 11 is 0. The monoisotopic (exact) mass is 544 g/mol. The Morgan fingerprint density at radius 2 is 1.85 bits per heavy atom.